The van der Waals surface area contributed by atoms with Crippen LogP contribution in [0.5, 0.6) is 5.75 Å². The van der Waals surface area contributed by atoms with E-state index in [4.69, 9.17) is 9.84 Å². The normalized spacial score (nSPS) is 12.3. The first-order valence-electron chi connectivity index (χ1n) is 7.95. The molecule has 0 fully saturated rings. The number of rotatable bonds is 6. The van der Waals surface area contributed by atoms with Gasteiger partial charge in [0.05, 0.1) is 18.6 Å². The molecule has 0 saturated carbocycles. The summed E-state index contributed by atoms with van der Waals surface area (Å²) in [6.07, 6.45) is 1.83. The van der Waals surface area contributed by atoms with Crippen LogP contribution >= 0.6 is 0 Å². The highest BCUT2D eigenvalue weighted by molar-refractivity contribution is 5.87. The maximum Gasteiger partial charge on any atom is 0.335 e. The summed E-state index contributed by atoms with van der Waals surface area (Å²) in [5.74, 6) is -0.0674. The van der Waals surface area contributed by atoms with Crippen LogP contribution in [0.25, 0.3) is 0 Å². The number of carbonyl (C=O) groups is 2. The molecule has 3 rings (SSSR count). The number of carboxylic acids is 1. The Morgan fingerprint density at radius 2 is 2.00 bits per heavy atom. The largest absolute Gasteiger partial charge is 0.493 e. The van der Waals surface area contributed by atoms with Crippen LogP contribution in [0.2, 0.25) is 0 Å². The van der Waals surface area contributed by atoms with Crippen molar-refractivity contribution in [3.05, 3.63) is 64.7 Å². The predicted molar refractivity (Wildman–Crippen MR) is 89.5 cm³/mol. The van der Waals surface area contributed by atoms with Gasteiger partial charge in [-0.05, 0) is 41.3 Å². The second-order valence-corrected chi connectivity index (χ2v) is 5.82. The Morgan fingerprint density at radius 3 is 2.83 bits per heavy atom. The zero-order valence-electron chi connectivity index (χ0n) is 13.2. The molecule has 5 nitrogen and oxygen atoms in total. The molecule has 2 aromatic carbocycles. The fourth-order valence-corrected chi connectivity index (χ4v) is 2.80. The lowest BCUT2D eigenvalue weighted by Crippen LogP contribution is -2.27. The number of nitrogens with one attached hydrogen (secondary N) is 1. The van der Waals surface area contributed by atoms with Gasteiger partial charge in [0.1, 0.15) is 5.75 Å². The molecule has 1 heterocycles. The van der Waals surface area contributed by atoms with Crippen molar-refractivity contribution in [1.29, 1.82) is 0 Å². The molecule has 5 heteroatoms. The summed E-state index contributed by atoms with van der Waals surface area (Å²) in [6.45, 7) is 1.19. The van der Waals surface area contributed by atoms with Gasteiger partial charge in [-0.15, -0.1) is 0 Å². The van der Waals surface area contributed by atoms with Gasteiger partial charge in [0.15, 0.2) is 0 Å². The van der Waals surface area contributed by atoms with Gasteiger partial charge in [0.2, 0.25) is 5.91 Å². The molecule has 0 aliphatic carbocycles. The molecule has 0 aromatic heterocycles. The van der Waals surface area contributed by atoms with Crippen LogP contribution in [0.3, 0.4) is 0 Å². The summed E-state index contributed by atoms with van der Waals surface area (Å²) in [6, 6.07) is 12.6. The number of fused-ring (bicyclic) bond motifs is 1. The maximum atomic E-state index is 12.0. The van der Waals surface area contributed by atoms with Crippen LogP contribution in [0.4, 0.5) is 0 Å². The minimum absolute atomic E-state index is 0.0387. The lowest BCUT2D eigenvalue weighted by Gasteiger charge is -2.07. The average molecular weight is 325 g/mol. The highest BCUT2D eigenvalue weighted by Crippen LogP contribution is 2.25. The number of carboxylic acid groups (broad SMARTS) is 1. The van der Waals surface area contributed by atoms with Crippen molar-refractivity contribution in [2.45, 2.75) is 19.3 Å². The molecule has 124 valence electrons. The highest BCUT2D eigenvalue weighted by Gasteiger charge is 2.13. The zero-order valence-corrected chi connectivity index (χ0v) is 13.2. The first kappa shape index (κ1) is 16.1. The molecule has 0 atom stereocenters. The van der Waals surface area contributed by atoms with Crippen LogP contribution in [0.1, 0.15) is 27.0 Å². The van der Waals surface area contributed by atoms with Crippen molar-refractivity contribution in [3.8, 4) is 5.75 Å². The van der Waals surface area contributed by atoms with Crippen molar-refractivity contribution >= 4 is 11.9 Å². The Balaban J connectivity index is 1.49. The van der Waals surface area contributed by atoms with Crippen molar-refractivity contribution in [2.24, 2.45) is 0 Å². The summed E-state index contributed by atoms with van der Waals surface area (Å²) >= 11 is 0. The molecule has 1 aliphatic rings. The van der Waals surface area contributed by atoms with Crippen LogP contribution in [-0.4, -0.2) is 30.1 Å². The monoisotopic (exact) mass is 325 g/mol. The van der Waals surface area contributed by atoms with Gasteiger partial charge in [-0.3, -0.25) is 4.79 Å². The topological polar surface area (TPSA) is 75.6 Å². The van der Waals surface area contributed by atoms with Crippen LogP contribution in [0.15, 0.2) is 42.5 Å². The molecular formula is C19H19NO4. The molecule has 2 N–H and O–H groups in total. The Kier molecular flexibility index (Phi) is 4.79. The number of hydrogen-bond donors (Lipinski definition) is 2. The Labute approximate surface area is 140 Å². The molecule has 1 aliphatic heterocycles. The first-order valence-corrected chi connectivity index (χ1v) is 7.95. The van der Waals surface area contributed by atoms with E-state index in [-0.39, 0.29) is 11.5 Å². The van der Waals surface area contributed by atoms with Crippen molar-refractivity contribution < 1.29 is 19.4 Å². The highest BCUT2D eigenvalue weighted by atomic mass is 16.5. The second kappa shape index (κ2) is 7.17. The van der Waals surface area contributed by atoms with Crippen LogP contribution in [-0.2, 0) is 24.1 Å². The van der Waals surface area contributed by atoms with Crippen LogP contribution < -0.4 is 10.1 Å². The number of benzene rings is 2. The minimum Gasteiger partial charge on any atom is -0.493 e. The Bertz CT molecular complexity index is 770. The third kappa shape index (κ3) is 3.93. The van der Waals surface area contributed by atoms with Gasteiger partial charge in [0, 0.05) is 13.0 Å². The molecule has 2 aromatic rings. The predicted octanol–water partition coefficient (Wildman–Crippen LogP) is 2.22. The zero-order chi connectivity index (χ0) is 16.9. The SMILES string of the molecule is O=C(Cc1ccc2c(c1)CCO2)NCCc1cccc(C(=O)O)c1. The second-order valence-electron chi connectivity index (χ2n) is 5.82. The standard InChI is InChI=1S/C19H19NO4/c21-18(12-14-4-5-17-15(11-14)7-9-24-17)20-8-6-13-2-1-3-16(10-13)19(22)23/h1-5,10-11H,6-9,12H2,(H,20,21)(H,22,23). The van der Waals surface area contributed by atoms with Gasteiger partial charge in [-0.25, -0.2) is 4.79 Å². The Morgan fingerprint density at radius 1 is 1.12 bits per heavy atom. The third-order valence-corrected chi connectivity index (χ3v) is 4.03. The summed E-state index contributed by atoms with van der Waals surface area (Å²) in [4.78, 5) is 23.0. The third-order valence-electron chi connectivity index (χ3n) is 4.03. The lowest BCUT2D eigenvalue weighted by atomic mass is 10.1. The van der Waals surface area contributed by atoms with Crippen molar-refractivity contribution in [2.75, 3.05) is 13.2 Å². The number of carbonyl (C=O) groups excluding carboxylic acids is 1. The van der Waals surface area contributed by atoms with E-state index in [9.17, 15) is 9.59 Å². The van der Waals surface area contributed by atoms with E-state index >= 15 is 0 Å². The van der Waals surface area contributed by atoms with Gasteiger partial charge in [0.25, 0.3) is 0 Å². The summed E-state index contributed by atoms with van der Waals surface area (Å²) in [5, 5.41) is 11.9. The van der Waals surface area contributed by atoms with Crippen molar-refractivity contribution in [1.82, 2.24) is 5.32 Å². The molecular weight excluding hydrogens is 306 g/mol. The molecule has 1 amide bonds. The fourth-order valence-electron chi connectivity index (χ4n) is 2.80. The van der Waals surface area contributed by atoms with E-state index in [0.717, 1.165) is 28.9 Å². The first-order chi connectivity index (χ1) is 11.6. The van der Waals surface area contributed by atoms with E-state index in [1.54, 1.807) is 18.2 Å². The smallest absolute Gasteiger partial charge is 0.335 e. The molecule has 0 bridgehead atoms. The molecule has 0 spiro atoms. The van der Waals surface area contributed by atoms with E-state index in [1.165, 1.54) is 0 Å². The Hall–Kier alpha value is -2.82. The van der Waals surface area contributed by atoms with Gasteiger partial charge >= 0.3 is 5.97 Å². The quantitative estimate of drug-likeness (QED) is 0.854. The van der Waals surface area contributed by atoms with E-state index in [0.29, 0.717) is 26.0 Å². The fraction of sp³-hybridized carbons (Fsp3) is 0.263. The molecule has 0 unspecified atom stereocenters. The average Bonchev–Trinajstić information content (AvgIpc) is 3.03. The van der Waals surface area contributed by atoms with E-state index in [1.807, 2.05) is 24.3 Å². The van der Waals surface area contributed by atoms with Gasteiger partial charge < -0.3 is 15.2 Å². The number of amides is 1. The lowest BCUT2D eigenvalue weighted by molar-refractivity contribution is -0.120. The summed E-state index contributed by atoms with van der Waals surface area (Å²) < 4.78 is 5.46. The molecule has 0 saturated heterocycles. The van der Waals surface area contributed by atoms with E-state index < -0.39 is 5.97 Å². The molecule has 24 heavy (non-hydrogen) atoms. The van der Waals surface area contributed by atoms with E-state index in [2.05, 4.69) is 5.32 Å². The van der Waals surface area contributed by atoms with Gasteiger partial charge in [-0.2, -0.15) is 0 Å². The number of ether oxygens (including phenoxy) is 1. The van der Waals surface area contributed by atoms with Crippen LogP contribution in [0, 0.1) is 0 Å². The molecule has 0 radical (unpaired) electrons. The van der Waals surface area contributed by atoms with Crippen molar-refractivity contribution in [3.63, 3.8) is 0 Å². The van der Waals surface area contributed by atoms with Gasteiger partial charge in [-0.1, -0.05) is 24.3 Å². The number of hydrogen-bond acceptors (Lipinski definition) is 3. The number of aromatic carboxylic acids is 1. The minimum atomic E-state index is -0.943. The summed E-state index contributed by atoms with van der Waals surface area (Å²) in [7, 11) is 0. The summed E-state index contributed by atoms with van der Waals surface area (Å²) in [5.41, 5.74) is 3.29. The maximum absolute atomic E-state index is 12.0.